The molecule has 0 aliphatic heterocycles. The highest BCUT2D eigenvalue weighted by molar-refractivity contribution is 5.87. The van der Waals surface area contributed by atoms with Crippen LogP contribution in [0.3, 0.4) is 0 Å². The van der Waals surface area contributed by atoms with Gasteiger partial charge in [0.1, 0.15) is 5.60 Å². The van der Waals surface area contributed by atoms with E-state index in [4.69, 9.17) is 9.84 Å². The molecule has 0 aliphatic carbocycles. The molecule has 0 saturated carbocycles. The number of pyridine rings is 1. The quantitative estimate of drug-likeness (QED) is 0.801. The fraction of sp³-hybridized carbons (Fsp3) is 0.571. The number of ether oxygens (including phenoxy) is 1. The molecule has 0 saturated heterocycles. The SMILES string of the molecule is CN(C(=O)OC(C)(C)C)c1cncc(CNCCO)c1. The minimum absolute atomic E-state index is 0.0882. The van der Waals surface area contributed by atoms with Crippen molar-refractivity contribution in [1.82, 2.24) is 10.3 Å². The zero-order chi connectivity index (χ0) is 15.2. The zero-order valence-corrected chi connectivity index (χ0v) is 12.5. The third-order valence-corrected chi connectivity index (χ3v) is 2.45. The molecule has 0 atom stereocenters. The van der Waals surface area contributed by atoms with Gasteiger partial charge in [-0.3, -0.25) is 9.88 Å². The smallest absolute Gasteiger partial charge is 0.414 e. The van der Waals surface area contributed by atoms with E-state index in [9.17, 15) is 4.79 Å². The molecule has 1 aromatic rings. The first-order valence-corrected chi connectivity index (χ1v) is 6.55. The predicted octanol–water partition coefficient (Wildman–Crippen LogP) is 1.53. The summed E-state index contributed by atoms with van der Waals surface area (Å²) in [5, 5.41) is 11.8. The minimum atomic E-state index is -0.529. The Morgan fingerprint density at radius 3 is 2.75 bits per heavy atom. The van der Waals surface area contributed by atoms with Crippen LogP contribution in [0.2, 0.25) is 0 Å². The third-order valence-electron chi connectivity index (χ3n) is 2.45. The van der Waals surface area contributed by atoms with E-state index in [0.717, 1.165) is 5.56 Å². The number of hydrogen-bond donors (Lipinski definition) is 2. The highest BCUT2D eigenvalue weighted by atomic mass is 16.6. The summed E-state index contributed by atoms with van der Waals surface area (Å²) >= 11 is 0. The van der Waals surface area contributed by atoms with Crippen LogP contribution in [0.15, 0.2) is 18.5 Å². The lowest BCUT2D eigenvalue weighted by molar-refractivity contribution is 0.0589. The molecule has 2 N–H and O–H groups in total. The van der Waals surface area contributed by atoms with Crippen molar-refractivity contribution in [3.05, 3.63) is 24.0 Å². The van der Waals surface area contributed by atoms with Gasteiger partial charge < -0.3 is 15.2 Å². The molecule has 0 spiro atoms. The average molecular weight is 281 g/mol. The van der Waals surface area contributed by atoms with Gasteiger partial charge in [0.2, 0.25) is 0 Å². The lowest BCUT2D eigenvalue weighted by Gasteiger charge is -2.24. The van der Waals surface area contributed by atoms with Crippen LogP contribution in [-0.2, 0) is 11.3 Å². The van der Waals surface area contributed by atoms with Gasteiger partial charge in [0.15, 0.2) is 0 Å². The monoisotopic (exact) mass is 281 g/mol. The molecule has 1 heterocycles. The topological polar surface area (TPSA) is 74.7 Å². The highest BCUT2D eigenvalue weighted by Gasteiger charge is 2.20. The van der Waals surface area contributed by atoms with Crippen molar-refractivity contribution in [2.24, 2.45) is 0 Å². The van der Waals surface area contributed by atoms with Gasteiger partial charge in [-0.05, 0) is 32.4 Å². The zero-order valence-electron chi connectivity index (χ0n) is 12.5. The second kappa shape index (κ2) is 7.21. The van der Waals surface area contributed by atoms with E-state index >= 15 is 0 Å². The van der Waals surface area contributed by atoms with Crippen molar-refractivity contribution in [1.29, 1.82) is 0 Å². The van der Waals surface area contributed by atoms with Crippen LogP contribution in [0.25, 0.3) is 0 Å². The maximum Gasteiger partial charge on any atom is 0.414 e. The van der Waals surface area contributed by atoms with Crippen molar-refractivity contribution in [3.8, 4) is 0 Å². The van der Waals surface area contributed by atoms with Crippen LogP contribution in [0.5, 0.6) is 0 Å². The fourth-order valence-electron chi connectivity index (χ4n) is 1.50. The van der Waals surface area contributed by atoms with E-state index < -0.39 is 11.7 Å². The third kappa shape index (κ3) is 5.54. The Morgan fingerprint density at radius 1 is 1.45 bits per heavy atom. The summed E-state index contributed by atoms with van der Waals surface area (Å²) in [6, 6.07) is 1.86. The number of rotatable bonds is 5. The van der Waals surface area contributed by atoms with Crippen molar-refractivity contribution >= 4 is 11.8 Å². The Balaban J connectivity index is 2.70. The van der Waals surface area contributed by atoms with Crippen LogP contribution < -0.4 is 10.2 Å². The molecule has 6 heteroatoms. The van der Waals surface area contributed by atoms with E-state index in [0.29, 0.717) is 18.8 Å². The Bertz CT molecular complexity index is 444. The van der Waals surface area contributed by atoms with Gasteiger partial charge in [0.25, 0.3) is 0 Å². The number of aromatic nitrogens is 1. The molecule has 112 valence electrons. The summed E-state index contributed by atoms with van der Waals surface area (Å²) < 4.78 is 5.30. The van der Waals surface area contributed by atoms with Crippen LogP contribution in [0.1, 0.15) is 26.3 Å². The first-order valence-electron chi connectivity index (χ1n) is 6.55. The number of nitrogens with one attached hydrogen (secondary N) is 1. The van der Waals surface area contributed by atoms with Gasteiger partial charge in [0, 0.05) is 26.3 Å². The Morgan fingerprint density at radius 2 is 2.15 bits per heavy atom. The number of anilines is 1. The van der Waals surface area contributed by atoms with Gasteiger partial charge in [-0.15, -0.1) is 0 Å². The van der Waals surface area contributed by atoms with E-state index in [-0.39, 0.29) is 6.61 Å². The number of amides is 1. The Labute approximate surface area is 119 Å². The maximum atomic E-state index is 12.0. The molecule has 1 aromatic heterocycles. The first kappa shape index (κ1) is 16.4. The van der Waals surface area contributed by atoms with Crippen molar-refractivity contribution < 1.29 is 14.6 Å². The summed E-state index contributed by atoms with van der Waals surface area (Å²) in [5.41, 5.74) is 1.08. The van der Waals surface area contributed by atoms with Crippen LogP contribution >= 0.6 is 0 Å². The predicted molar refractivity (Wildman–Crippen MR) is 77.7 cm³/mol. The molecule has 0 bridgehead atoms. The van der Waals surface area contributed by atoms with Crippen LogP contribution in [0.4, 0.5) is 10.5 Å². The standard InChI is InChI=1S/C14H23N3O3/c1-14(2,3)20-13(19)17(4)12-7-11(9-16-10-12)8-15-5-6-18/h7,9-10,15,18H,5-6,8H2,1-4H3. The Kier molecular flexibility index (Phi) is 5.91. The van der Waals surface area contributed by atoms with Gasteiger partial charge >= 0.3 is 6.09 Å². The van der Waals surface area contributed by atoms with E-state index in [1.807, 2.05) is 26.8 Å². The van der Waals surface area contributed by atoms with E-state index in [1.54, 1.807) is 19.4 Å². The second-order valence-electron chi connectivity index (χ2n) is 5.49. The number of carbonyl (C=O) groups excluding carboxylic acids is 1. The second-order valence-corrected chi connectivity index (χ2v) is 5.49. The maximum absolute atomic E-state index is 12.0. The molecule has 0 radical (unpaired) electrons. The molecule has 0 fully saturated rings. The van der Waals surface area contributed by atoms with E-state index in [2.05, 4.69) is 10.3 Å². The molecular weight excluding hydrogens is 258 g/mol. The molecule has 1 amide bonds. The van der Waals surface area contributed by atoms with Crippen LogP contribution in [0, 0.1) is 0 Å². The summed E-state index contributed by atoms with van der Waals surface area (Å²) in [6.45, 7) is 6.67. The Hall–Kier alpha value is -1.66. The van der Waals surface area contributed by atoms with Gasteiger partial charge in [-0.2, -0.15) is 0 Å². The minimum Gasteiger partial charge on any atom is -0.443 e. The first-order chi connectivity index (χ1) is 9.33. The summed E-state index contributed by atoms with van der Waals surface area (Å²) in [5.74, 6) is 0. The lowest BCUT2D eigenvalue weighted by Crippen LogP contribution is -2.34. The van der Waals surface area contributed by atoms with E-state index in [1.165, 1.54) is 4.90 Å². The molecule has 0 unspecified atom stereocenters. The van der Waals surface area contributed by atoms with Crippen molar-refractivity contribution in [2.75, 3.05) is 25.1 Å². The molecular formula is C14H23N3O3. The van der Waals surface area contributed by atoms with Gasteiger partial charge in [0.05, 0.1) is 18.5 Å². The van der Waals surface area contributed by atoms with Crippen LogP contribution in [-0.4, -0.2) is 42.0 Å². The number of carbonyl (C=O) groups is 1. The average Bonchev–Trinajstić information content (AvgIpc) is 2.36. The molecule has 0 aliphatic rings. The number of aliphatic hydroxyl groups is 1. The van der Waals surface area contributed by atoms with Gasteiger partial charge in [-0.1, -0.05) is 0 Å². The highest BCUT2D eigenvalue weighted by Crippen LogP contribution is 2.17. The number of hydrogen-bond acceptors (Lipinski definition) is 5. The largest absolute Gasteiger partial charge is 0.443 e. The number of nitrogens with zero attached hydrogens (tertiary/aromatic N) is 2. The molecule has 20 heavy (non-hydrogen) atoms. The van der Waals surface area contributed by atoms with Crippen molar-refractivity contribution in [2.45, 2.75) is 32.9 Å². The summed E-state index contributed by atoms with van der Waals surface area (Å²) in [6.07, 6.45) is 2.91. The molecule has 1 rings (SSSR count). The summed E-state index contributed by atoms with van der Waals surface area (Å²) in [4.78, 5) is 17.5. The van der Waals surface area contributed by atoms with Gasteiger partial charge in [-0.25, -0.2) is 4.79 Å². The normalized spacial score (nSPS) is 11.2. The number of aliphatic hydroxyl groups excluding tert-OH is 1. The summed E-state index contributed by atoms with van der Waals surface area (Å²) in [7, 11) is 1.65. The fourth-order valence-corrected chi connectivity index (χ4v) is 1.50. The molecule has 6 nitrogen and oxygen atoms in total. The van der Waals surface area contributed by atoms with Crippen molar-refractivity contribution in [3.63, 3.8) is 0 Å². The lowest BCUT2D eigenvalue weighted by atomic mass is 10.2. The molecule has 0 aromatic carbocycles.